The van der Waals surface area contributed by atoms with Crippen molar-refractivity contribution >= 4 is 60.2 Å². The van der Waals surface area contributed by atoms with Crippen LogP contribution < -0.4 is 48.0 Å². The predicted molar refractivity (Wildman–Crippen MR) is 338 cm³/mol. The lowest BCUT2D eigenvalue weighted by Gasteiger charge is -2.24. The van der Waals surface area contributed by atoms with Crippen LogP contribution in [0.1, 0.15) is 170 Å². The summed E-state index contributed by atoms with van der Waals surface area (Å²) in [5, 5.41) is 8.06. The maximum absolute atomic E-state index is 10.7. The minimum Gasteiger partial charge on any atom is -0.394 e. The number of rotatable bonds is 5. The molecule has 0 spiro atoms. The molecule has 0 saturated carbocycles. The van der Waals surface area contributed by atoms with Gasteiger partial charge in [0.15, 0.2) is 0 Å². The van der Waals surface area contributed by atoms with E-state index >= 15 is 0 Å². The van der Waals surface area contributed by atoms with E-state index in [9.17, 15) is 4.79 Å². The van der Waals surface area contributed by atoms with E-state index in [2.05, 4.69) is 163 Å². The Kier molecular flexibility index (Phi) is 335. The summed E-state index contributed by atoms with van der Waals surface area (Å²) in [5.74, 6) is 3.72. The van der Waals surface area contributed by atoms with E-state index in [0.29, 0.717) is 0 Å². The number of piperidine rings is 1. The van der Waals surface area contributed by atoms with E-state index < -0.39 is 0 Å². The number of benzene rings is 2. The lowest BCUT2D eigenvalue weighted by molar-refractivity contribution is -0.129. The van der Waals surface area contributed by atoms with Crippen molar-refractivity contribution in [1.29, 1.82) is 0 Å². The minimum atomic E-state index is -0.167. The fourth-order valence-corrected chi connectivity index (χ4v) is 2.64. The van der Waals surface area contributed by atoms with E-state index in [1.54, 1.807) is 20.8 Å². The molecule has 3 rings (SSSR count). The lowest BCUT2D eigenvalue weighted by atomic mass is 10.1. The molecule has 0 unspecified atom stereocenters. The second kappa shape index (κ2) is 181. The predicted octanol–water partition coefficient (Wildman–Crippen LogP) is 12.3. The molecule has 1 aliphatic heterocycles. The van der Waals surface area contributed by atoms with E-state index in [1.807, 2.05) is 71.3 Å². The highest BCUT2D eigenvalue weighted by molar-refractivity contribution is 5.73. The molecular weight excluding hydrogens is 959 g/mol. The van der Waals surface area contributed by atoms with Gasteiger partial charge in [0, 0.05) is 29.0 Å². The largest absolute Gasteiger partial charge is 0.394 e. The van der Waals surface area contributed by atoms with Gasteiger partial charge in [-0.1, -0.05) is 177 Å². The van der Waals surface area contributed by atoms with Gasteiger partial charge in [-0.05, 0) is 102 Å². The van der Waals surface area contributed by atoms with Gasteiger partial charge in [-0.15, -0.1) is 0 Å². The molecule has 0 radical (unpaired) electrons. The average Bonchev–Trinajstić information content (AvgIpc) is 3.43. The zero-order valence-corrected chi connectivity index (χ0v) is 52.7. The summed E-state index contributed by atoms with van der Waals surface area (Å²) in [4.78, 5) is 76.6. The van der Waals surface area contributed by atoms with Crippen LogP contribution in [0.5, 0.6) is 0 Å². The number of hydrogen-bond donors (Lipinski definition) is 9. The number of nitrogens with zero attached hydrogens (tertiary/aromatic N) is 1. The van der Waals surface area contributed by atoms with Gasteiger partial charge in [0.2, 0.25) is 5.91 Å². The molecular formula is C56H137N9O10. The number of carbonyl (C=O) groups is 9. The lowest BCUT2D eigenvalue weighted by Crippen LogP contribution is -2.33. The van der Waals surface area contributed by atoms with Crippen LogP contribution in [0.2, 0.25) is 0 Å². The zero-order chi connectivity index (χ0) is 60.3. The molecule has 1 fully saturated rings. The van der Waals surface area contributed by atoms with Crippen LogP contribution in [0, 0.1) is 23.7 Å². The van der Waals surface area contributed by atoms with Crippen LogP contribution in [-0.4, -0.2) is 111 Å². The standard InChI is InChI=1S/2C8H10.C7H13NO.3C5H12.C4H10.C3H8O.3CH5N.8CH2O.5H3N.2H2/c2*1-2-8-6-4-3-5-7-8;1-7(9)8-5-3-2-4-6-8;3*1-4-5(2)3;1-4(2)3;1-3(2)4;11*1-2;;;;;;;/h2*3-7H,2H2,1H3;2-6H2,1H3;3*5H,4H2,1-3H3;4H,1-3H3;3-4H,1-2H3;3*2H2,1H3;8*1H2;5*1H3;2*1H. The van der Waals surface area contributed by atoms with Crippen LogP contribution in [0.4, 0.5) is 0 Å². The molecule has 2 aromatic rings. The molecule has 22 N–H and O–H groups in total. The molecule has 0 aliphatic carbocycles. The molecule has 0 bridgehead atoms. The molecule has 2 aromatic carbocycles. The van der Waals surface area contributed by atoms with Crippen molar-refractivity contribution in [2.75, 3.05) is 34.2 Å². The number of nitrogens with two attached hydrogens (primary N) is 3. The fourth-order valence-electron chi connectivity index (χ4n) is 2.64. The van der Waals surface area contributed by atoms with E-state index in [0.717, 1.165) is 49.6 Å². The fraction of sp³-hybridized carbons (Fsp3) is 0.625. The summed E-state index contributed by atoms with van der Waals surface area (Å²) in [7, 11) is 4.50. The van der Waals surface area contributed by atoms with Crippen molar-refractivity contribution in [3.63, 3.8) is 0 Å². The monoisotopic (exact) mass is 1100 g/mol. The van der Waals surface area contributed by atoms with Crippen LogP contribution in [0.25, 0.3) is 0 Å². The number of aliphatic hydroxyl groups excluding tert-OH is 1. The van der Waals surface area contributed by atoms with Crippen LogP contribution >= 0.6 is 0 Å². The molecule has 1 heterocycles. The molecule has 19 heteroatoms. The van der Waals surface area contributed by atoms with Crippen LogP contribution in [0.3, 0.4) is 0 Å². The van der Waals surface area contributed by atoms with Gasteiger partial charge in [-0.25, -0.2) is 0 Å². The number of aryl methyl sites for hydroxylation is 2. The number of aliphatic hydroxyl groups is 1. The maximum Gasteiger partial charge on any atom is 0.219 e. The number of hydrogen-bond acceptors (Lipinski definition) is 18. The van der Waals surface area contributed by atoms with Crippen molar-refractivity contribution in [3.05, 3.63) is 71.8 Å². The molecule has 19 nitrogen and oxygen atoms in total. The highest BCUT2D eigenvalue weighted by Gasteiger charge is 2.11. The Balaban J connectivity index is -0.0000000195. The average molecular weight is 1100 g/mol. The first kappa shape index (κ1) is 139. The van der Waals surface area contributed by atoms with Crippen molar-refractivity contribution < 1.29 is 51.1 Å². The van der Waals surface area contributed by atoms with Gasteiger partial charge in [0.1, 0.15) is 54.3 Å². The highest BCUT2D eigenvalue weighted by Crippen LogP contribution is 2.07. The second-order valence-electron chi connectivity index (χ2n) is 14.5. The van der Waals surface area contributed by atoms with Crippen molar-refractivity contribution in [2.24, 2.45) is 40.9 Å². The number of likely N-dealkylation sites (tertiary alicyclic amines) is 1. The van der Waals surface area contributed by atoms with Crippen LogP contribution in [0.15, 0.2) is 60.7 Å². The Morgan fingerprint density at radius 1 is 0.440 bits per heavy atom. The summed E-state index contributed by atoms with van der Waals surface area (Å²) in [6.07, 6.45) is 9.71. The number of carbonyl (C=O) groups excluding carboxylic acids is 9. The second-order valence-corrected chi connectivity index (χ2v) is 14.5. The minimum absolute atomic E-state index is 0. The number of amides is 1. The van der Waals surface area contributed by atoms with Crippen molar-refractivity contribution in [3.8, 4) is 0 Å². The summed E-state index contributed by atoms with van der Waals surface area (Å²) in [6.45, 7) is 53.8. The van der Waals surface area contributed by atoms with Crippen LogP contribution in [-0.2, 0) is 56.0 Å². The Hall–Kier alpha value is -5.09. The molecule has 0 atom stereocenters. The maximum atomic E-state index is 10.7. The normalized spacial score (nSPS) is 7.88. The summed E-state index contributed by atoms with van der Waals surface area (Å²) in [6, 6.07) is 20.9. The summed E-state index contributed by atoms with van der Waals surface area (Å²) in [5.41, 5.74) is 16.3. The van der Waals surface area contributed by atoms with Gasteiger partial charge in [0.25, 0.3) is 0 Å². The van der Waals surface area contributed by atoms with Gasteiger partial charge in [-0.2, -0.15) is 0 Å². The molecule has 1 saturated heterocycles. The summed E-state index contributed by atoms with van der Waals surface area (Å²) < 4.78 is 0. The van der Waals surface area contributed by atoms with E-state index in [4.69, 9.17) is 43.5 Å². The van der Waals surface area contributed by atoms with Crippen molar-refractivity contribution in [2.45, 2.75) is 175 Å². The third kappa shape index (κ3) is 285. The topological polar surface area (TPSA) is 430 Å². The first-order valence-electron chi connectivity index (χ1n) is 23.5. The summed E-state index contributed by atoms with van der Waals surface area (Å²) >= 11 is 0. The van der Waals surface area contributed by atoms with Gasteiger partial charge < -0.3 is 96.3 Å². The Bertz CT molecular complexity index is 926. The SMILES string of the molecule is C=O.C=O.C=O.C=O.C=O.C=O.C=O.C=O.CC(=O)N1CCCCC1.CC(C)C.CC(C)O.CCC(C)C.CCC(C)C.CCC(C)C.CCc1ccccc1.CCc1ccccc1.CN.CN.CN.N.N.N.N.N.[HH].[HH]. The van der Waals surface area contributed by atoms with Gasteiger partial charge in [0.05, 0.1) is 0 Å². The molecule has 1 amide bonds. The smallest absolute Gasteiger partial charge is 0.219 e. The third-order valence-electron chi connectivity index (χ3n) is 6.75. The molecule has 466 valence electrons. The van der Waals surface area contributed by atoms with E-state index in [-0.39, 0.29) is 45.6 Å². The Morgan fingerprint density at radius 2 is 0.587 bits per heavy atom. The first-order chi connectivity index (χ1) is 33.4. The first-order valence-corrected chi connectivity index (χ1v) is 23.5. The quantitative estimate of drug-likeness (QED) is 0.134. The van der Waals surface area contributed by atoms with Gasteiger partial charge >= 0.3 is 0 Å². The third-order valence-corrected chi connectivity index (χ3v) is 6.75. The van der Waals surface area contributed by atoms with Crippen molar-refractivity contribution in [1.82, 2.24) is 35.7 Å². The van der Waals surface area contributed by atoms with E-state index in [1.165, 1.54) is 70.8 Å². The van der Waals surface area contributed by atoms with Gasteiger partial charge in [-0.3, -0.25) is 4.79 Å². The molecule has 0 aromatic heterocycles. The highest BCUT2D eigenvalue weighted by atomic mass is 16.3. The molecule has 75 heavy (non-hydrogen) atoms. The Labute approximate surface area is 467 Å². The molecule has 1 aliphatic rings. The Morgan fingerprint density at radius 3 is 0.667 bits per heavy atom. The zero-order valence-electron chi connectivity index (χ0n) is 52.7.